The normalized spacial score (nSPS) is 13.9. The first kappa shape index (κ1) is 25.0. The fourth-order valence-electron chi connectivity index (χ4n) is 4.57. The van der Waals surface area contributed by atoms with Crippen molar-refractivity contribution in [1.82, 2.24) is 14.5 Å². The van der Waals surface area contributed by atoms with Gasteiger partial charge in [0.15, 0.2) is 0 Å². The number of imidazole rings is 1. The van der Waals surface area contributed by atoms with Crippen LogP contribution in [-0.2, 0) is 9.59 Å². The van der Waals surface area contributed by atoms with Crippen LogP contribution in [0.2, 0.25) is 5.02 Å². The van der Waals surface area contributed by atoms with Crippen molar-refractivity contribution < 1.29 is 9.59 Å². The molecule has 184 valence electrons. The molecular weight excluding hydrogens is 460 g/mol. The molecule has 1 saturated carbocycles. The number of nitrogens with zero attached hydrogens (tertiary/aromatic N) is 3. The van der Waals surface area contributed by atoms with Crippen molar-refractivity contribution in [2.75, 3.05) is 18.4 Å². The molecular formula is C28H33ClN4O2. The maximum atomic E-state index is 13.2. The Kier molecular flexibility index (Phi) is 7.91. The Bertz CT molecular complexity index is 1160. The zero-order valence-electron chi connectivity index (χ0n) is 20.6. The predicted molar refractivity (Wildman–Crippen MR) is 141 cm³/mol. The summed E-state index contributed by atoms with van der Waals surface area (Å²) in [6, 6.07) is 15.5. The molecule has 6 nitrogen and oxygen atoms in total. The molecule has 1 aromatic heterocycles. The molecule has 1 aliphatic carbocycles. The average molecular weight is 493 g/mol. The molecule has 4 rings (SSSR count). The Labute approximate surface area is 212 Å². The van der Waals surface area contributed by atoms with E-state index in [1.54, 1.807) is 4.90 Å². The number of hydrogen-bond donors (Lipinski definition) is 1. The smallest absolute Gasteiger partial charge is 0.246 e. The highest BCUT2D eigenvalue weighted by molar-refractivity contribution is 6.30. The van der Waals surface area contributed by atoms with Gasteiger partial charge in [-0.3, -0.25) is 19.5 Å². The van der Waals surface area contributed by atoms with Crippen LogP contribution in [0.3, 0.4) is 0 Å². The minimum absolute atomic E-state index is 0.0184. The Hall–Kier alpha value is -3.12. The number of nitrogens with one attached hydrogen (secondary N) is 1. The van der Waals surface area contributed by atoms with Gasteiger partial charge in [0.1, 0.15) is 0 Å². The highest BCUT2D eigenvalue weighted by Gasteiger charge is 2.29. The summed E-state index contributed by atoms with van der Waals surface area (Å²) in [4.78, 5) is 32.7. The lowest BCUT2D eigenvalue weighted by Crippen LogP contribution is -2.43. The van der Waals surface area contributed by atoms with E-state index in [-0.39, 0.29) is 30.2 Å². The second-order valence-electron chi connectivity index (χ2n) is 9.80. The van der Waals surface area contributed by atoms with Crippen LogP contribution < -0.4 is 5.32 Å². The fraction of sp³-hybridized carbons (Fsp3) is 0.393. The number of aromatic nitrogens is 2. The fourth-order valence-corrected chi connectivity index (χ4v) is 4.70. The number of hydrogen-bond acceptors (Lipinski definition) is 3. The first-order chi connectivity index (χ1) is 16.8. The van der Waals surface area contributed by atoms with Crippen molar-refractivity contribution in [3.63, 3.8) is 0 Å². The van der Waals surface area contributed by atoms with Gasteiger partial charge in [-0.2, -0.15) is 0 Å². The van der Waals surface area contributed by atoms with Crippen molar-refractivity contribution in [1.29, 1.82) is 0 Å². The van der Waals surface area contributed by atoms with Gasteiger partial charge >= 0.3 is 0 Å². The van der Waals surface area contributed by atoms with E-state index in [2.05, 4.69) is 19.2 Å². The largest absolute Gasteiger partial charge is 0.333 e. The van der Waals surface area contributed by atoms with Gasteiger partial charge in [-0.05, 0) is 49.9 Å². The second kappa shape index (κ2) is 11.1. The summed E-state index contributed by atoms with van der Waals surface area (Å²) in [5, 5.41) is 3.62. The summed E-state index contributed by atoms with van der Waals surface area (Å²) in [5.74, 6) is 0.571. The second-order valence-corrected chi connectivity index (χ2v) is 10.2. The molecule has 1 N–H and O–H groups in total. The summed E-state index contributed by atoms with van der Waals surface area (Å²) in [6.07, 6.45) is 5.90. The minimum Gasteiger partial charge on any atom is -0.333 e. The number of carbonyl (C=O) groups excluding carboxylic acids is 2. The molecule has 2 amide bonds. The molecule has 35 heavy (non-hydrogen) atoms. The van der Waals surface area contributed by atoms with Crippen LogP contribution in [0, 0.1) is 18.8 Å². The molecule has 1 aliphatic rings. The van der Waals surface area contributed by atoms with Gasteiger partial charge in [-0.25, -0.2) is 4.98 Å². The molecule has 0 radical (unpaired) electrons. The molecule has 7 heteroatoms. The zero-order chi connectivity index (χ0) is 24.9. The van der Waals surface area contributed by atoms with Gasteiger partial charge in [-0.1, -0.05) is 68.1 Å². The van der Waals surface area contributed by atoms with E-state index in [9.17, 15) is 9.59 Å². The maximum Gasteiger partial charge on any atom is 0.246 e. The predicted octanol–water partition coefficient (Wildman–Crippen LogP) is 6.11. The van der Waals surface area contributed by atoms with Crippen LogP contribution >= 0.6 is 11.6 Å². The first-order valence-electron chi connectivity index (χ1n) is 12.3. The average Bonchev–Trinajstić information content (AvgIpc) is 3.50. The lowest BCUT2D eigenvalue weighted by Gasteiger charge is -2.26. The van der Waals surface area contributed by atoms with Crippen LogP contribution in [0.25, 0.3) is 16.9 Å². The highest BCUT2D eigenvalue weighted by atomic mass is 35.5. The van der Waals surface area contributed by atoms with Gasteiger partial charge in [0.05, 0.1) is 12.2 Å². The monoisotopic (exact) mass is 492 g/mol. The summed E-state index contributed by atoms with van der Waals surface area (Å²) >= 11 is 6.06. The van der Waals surface area contributed by atoms with E-state index in [1.165, 1.54) is 0 Å². The van der Waals surface area contributed by atoms with Gasteiger partial charge in [0.2, 0.25) is 17.8 Å². The summed E-state index contributed by atoms with van der Waals surface area (Å²) in [5.41, 5.74) is 3.65. The number of halogens is 1. The molecule has 0 spiro atoms. The summed E-state index contributed by atoms with van der Waals surface area (Å²) in [7, 11) is 0. The van der Waals surface area contributed by atoms with Crippen LogP contribution in [0.5, 0.6) is 0 Å². The van der Waals surface area contributed by atoms with Gasteiger partial charge in [0.25, 0.3) is 0 Å². The molecule has 1 fully saturated rings. The number of aryl methyl sites for hydroxylation is 1. The molecule has 0 saturated heterocycles. The van der Waals surface area contributed by atoms with Crippen molar-refractivity contribution in [3.05, 3.63) is 65.3 Å². The van der Waals surface area contributed by atoms with Crippen LogP contribution in [0.15, 0.2) is 54.7 Å². The summed E-state index contributed by atoms with van der Waals surface area (Å²) < 4.78 is 1.87. The van der Waals surface area contributed by atoms with E-state index in [4.69, 9.17) is 16.6 Å². The topological polar surface area (TPSA) is 67.2 Å². The van der Waals surface area contributed by atoms with Crippen molar-refractivity contribution in [3.8, 4) is 16.9 Å². The van der Waals surface area contributed by atoms with Crippen molar-refractivity contribution in [2.45, 2.75) is 46.5 Å². The maximum absolute atomic E-state index is 13.2. The van der Waals surface area contributed by atoms with Crippen LogP contribution in [0.4, 0.5) is 5.95 Å². The van der Waals surface area contributed by atoms with E-state index in [0.29, 0.717) is 17.5 Å². The molecule has 2 aromatic carbocycles. The Morgan fingerprint density at radius 3 is 2.37 bits per heavy atom. The number of rotatable bonds is 8. The lowest BCUT2D eigenvalue weighted by molar-refractivity contribution is -0.138. The van der Waals surface area contributed by atoms with E-state index < -0.39 is 0 Å². The number of benzene rings is 2. The molecule has 1 heterocycles. The first-order valence-corrected chi connectivity index (χ1v) is 12.7. The molecule has 0 bridgehead atoms. The standard InChI is InChI=1S/C28H33ClN4O2/c1-19(2)16-32(27(35)22-6-4-5-7-22)18-26(34)31-28-30-25(21-10-12-23(29)13-11-21)17-33(28)24-14-8-20(3)9-15-24/h8-15,17,19,22H,4-7,16,18H2,1-3H3,(H,30,31,34). The Morgan fingerprint density at radius 2 is 1.74 bits per heavy atom. The molecule has 3 aromatic rings. The third-order valence-corrected chi connectivity index (χ3v) is 6.60. The third-order valence-electron chi connectivity index (χ3n) is 6.35. The van der Waals surface area contributed by atoms with E-state index in [1.807, 2.05) is 66.2 Å². The van der Waals surface area contributed by atoms with Crippen LogP contribution in [0.1, 0.15) is 45.1 Å². The van der Waals surface area contributed by atoms with Crippen molar-refractivity contribution in [2.24, 2.45) is 11.8 Å². The van der Waals surface area contributed by atoms with Crippen LogP contribution in [-0.4, -0.2) is 39.4 Å². The van der Waals surface area contributed by atoms with Crippen molar-refractivity contribution >= 4 is 29.4 Å². The number of amides is 2. The minimum atomic E-state index is -0.251. The number of anilines is 1. The Morgan fingerprint density at radius 1 is 1.09 bits per heavy atom. The molecule has 0 unspecified atom stereocenters. The third kappa shape index (κ3) is 6.31. The quantitative estimate of drug-likeness (QED) is 0.412. The Balaban J connectivity index is 1.59. The molecule has 0 aliphatic heterocycles. The SMILES string of the molecule is Cc1ccc(-n2cc(-c3ccc(Cl)cc3)nc2NC(=O)CN(CC(C)C)C(=O)C2CCCC2)cc1. The van der Waals surface area contributed by atoms with Gasteiger partial charge in [0, 0.05) is 34.9 Å². The van der Waals surface area contributed by atoms with E-state index in [0.717, 1.165) is 48.2 Å². The van der Waals surface area contributed by atoms with Gasteiger partial charge < -0.3 is 4.90 Å². The van der Waals surface area contributed by atoms with E-state index >= 15 is 0 Å². The highest BCUT2D eigenvalue weighted by Crippen LogP contribution is 2.28. The zero-order valence-corrected chi connectivity index (χ0v) is 21.4. The number of carbonyl (C=O) groups is 2. The lowest BCUT2D eigenvalue weighted by atomic mass is 10.1. The van der Waals surface area contributed by atoms with Gasteiger partial charge in [-0.15, -0.1) is 0 Å². The summed E-state index contributed by atoms with van der Waals surface area (Å²) in [6.45, 7) is 6.74. The molecule has 0 atom stereocenters.